The van der Waals surface area contributed by atoms with Crippen LogP contribution in [0.4, 0.5) is 0 Å². The molecule has 76 valence electrons. The summed E-state index contributed by atoms with van der Waals surface area (Å²) >= 11 is 3.22. The van der Waals surface area contributed by atoms with Crippen LogP contribution in [0.15, 0.2) is 45.5 Å². The third-order valence-electron chi connectivity index (χ3n) is 1.96. The van der Waals surface area contributed by atoms with Crippen LogP contribution in [0, 0.1) is 6.92 Å². The fourth-order valence-electron chi connectivity index (χ4n) is 1.18. The zero-order chi connectivity index (χ0) is 10.7. The first-order chi connectivity index (χ1) is 7.28. The summed E-state index contributed by atoms with van der Waals surface area (Å²) in [7, 11) is 0. The third kappa shape index (κ3) is 2.70. The molecular formula is C12H10OS2. The van der Waals surface area contributed by atoms with Crippen LogP contribution in [0.3, 0.4) is 0 Å². The van der Waals surface area contributed by atoms with E-state index in [2.05, 4.69) is 31.2 Å². The zero-order valence-corrected chi connectivity index (χ0v) is 9.90. The molecule has 0 aliphatic heterocycles. The van der Waals surface area contributed by atoms with Gasteiger partial charge < -0.3 is 0 Å². The number of aldehydes is 1. The van der Waals surface area contributed by atoms with Crippen molar-refractivity contribution in [1.82, 2.24) is 0 Å². The number of carbonyl (C=O) groups excluding carboxylic acids is 1. The SMILES string of the molecule is Cc1ccc(Sc2ccc(C=O)s2)cc1. The normalized spacial score (nSPS) is 10.2. The number of rotatable bonds is 3. The Bertz CT molecular complexity index is 457. The van der Waals surface area contributed by atoms with Crippen molar-refractivity contribution in [3.05, 3.63) is 46.8 Å². The van der Waals surface area contributed by atoms with Crippen LogP contribution in [-0.2, 0) is 0 Å². The van der Waals surface area contributed by atoms with Gasteiger partial charge in [-0.05, 0) is 31.2 Å². The molecule has 0 radical (unpaired) electrons. The summed E-state index contributed by atoms with van der Waals surface area (Å²) < 4.78 is 1.15. The van der Waals surface area contributed by atoms with E-state index in [1.54, 1.807) is 11.8 Å². The molecular weight excluding hydrogens is 224 g/mol. The minimum absolute atomic E-state index is 0.782. The van der Waals surface area contributed by atoms with Crippen LogP contribution in [0.1, 0.15) is 15.2 Å². The molecule has 0 spiro atoms. The Balaban J connectivity index is 2.14. The molecule has 3 heteroatoms. The Morgan fingerprint density at radius 2 is 1.87 bits per heavy atom. The molecule has 2 aromatic rings. The van der Waals surface area contributed by atoms with Crippen LogP contribution in [0.25, 0.3) is 0 Å². The van der Waals surface area contributed by atoms with Gasteiger partial charge in [-0.2, -0.15) is 0 Å². The van der Waals surface area contributed by atoms with E-state index in [-0.39, 0.29) is 0 Å². The molecule has 15 heavy (non-hydrogen) atoms. The molecule has 1 aromatic carbocycles. The number of benzene rings is 1. The summed E-state index contributed by atoms with van der Waals surface area (Å²) in [5, 5.41) is 0. The van der Waals surface area contributed by atoms with Gasteiger partial charge in [0.1, 0.15) is 0 Å². The van der Waals surface area contributed by atoms with E-state index in [0.29, 0.717) is 0 Å². The average Bonchev–Trinajstić information content (AvgIpc) is 2.69. The first kappa shape index (κ1) is 10.5. The van der Waals surface area contributed by atoms with Gasteiger partial charge in [-0.15, -0.1) is 11.3 Å². The lowest BCUT2D eigenvalue weighted by Gasteiger charge is -1.98. The van der Waals surface area contributed by atoms with Crippen LogP contribution >= 0.6 is 23.1 Å². The van der Waals surface area contributed by atoms with Gasteiger partial charge in [0.2, 0.25) is 0 Å². The van der Waals surface area contributed by atoms with Gasteiger partial charge in [0.15, 0.2) is 6.29 Å². The van der Waals surface area contributed by atoms with E-state index in [0.717, 1.165) is 15.4 Å². The molecule has 0 fully saturated rings. The van der Waals surface area contributed by atoms with Crippen LogP contribution in [0.2, 0.25) is 0 Å². The van der Waals surface area contributed by atoms with Gasteiger partial charge in [-0.25, -0.2) is 0 Å². The molecule has 1 aromatic heterocycles. The van der Waals surface area contributed by atoms with E-state index < -0.39 is 0 Å². The van der Waals surface area contributed by atoms with Gasteiger partial charge >= 0.3 is 0 Å². The van der Waals surface area contributed by atoms with Gasteiger partial charge in [-0.3, -0.25) is 4.79 Å². The van der Waals surface area contributed by atoms with E-state index >= 15 is 0 Å². The predicted molar refractivity (Wildman–Crippen MR) is 65.0 cm³/mol. The van der Waals surface area contributed by atoms with Gasteiger partial charge in [0, 0.05) is 4.90 Å². The molecule has 1 heterocycles. The fourth-order valence-corrected chi connectivity index (χ4v) is 3.11. The van der Waals surface area contributed by atoms with Crippen LogP contribution in [0.5, 0.6) is 0 Å². The Morgan fingerprint density at radius 3 is 2.47 bits per heavy atom. The summed E-state index contributed by atoms with van der Waals surface area (Å²) in [5.41, 5.74) is 1.26. The van der Waals surface area contributed by atoms with Gasteiger partial charge in [-0.1, -0.05) is 29.5 Å². The number of hydrogen-bond acceptors (Lipinski definition) is 3. The van der Waals surface area contributed by atoms with Crippen molar-refractivity contribution >= 4 is 29.4 Å². The Kier molecular flexibility index (Phi) is 3.23. The molecule has 0 unspecified atom stereocenters. The lowest BCUT2D eigenvalue weighted by Crippen LogP contribution is -1.71. The topological polar surface area (TPSA) is 17.1 Å². The summed E-state index contributed by atoms with van der Waals surface area (Å²) in [4.78, 5) is 12.5. The standard InChI is InChI=1S/C12H10OS2/c1-9-2-4-10(5-3-9)14-12-7-6-11(8-13)15-12/h2-8H,1H3. The number of hydrogen-bond donors (Lipinski definition) is 0. The minimum Gasteiger partial charge on any atom is -0.297 e. The highest BCUT2D eigenvalue weighted by Crippen LogP contribution is 2.32. The largest absolute Gasteiger partial charge is 0.297 e. The summed E-state index contributed by atoms with van der Waals surface area (Å²) in [6.45, 7) is 2.07. The maximum atomic E-state index is 10.5. The summed E-state index contributed by atoms with van der Waals surface area (Å²) in [5.74, 6) is 0. The molecule has 2 rings (SSSR count). The third-order valence-corrected chi connectivity index (χ3v) is 4.11. The van der Waals surface area contributed by atoms with Crippen molar-refractivity contribution in [3.63, 3.8) is 0 Å². The van der Waals surface area contributed by atoms with Crippen molar-refractivity contribution in [2.45, 2.75) is 16.0 Å². The Labute approximate surface area is 97.1 Å². The minimum atomic E-state index is 0.782. The molecule has 0 saturated carbocycles. The van der Waals surface area contributed by atoms with Crippen molar-refractivity contribution in [2.75, 3.05) is 0 Å². The van der Waals surface area contributed by atoms with Crippen molar-refractivity contribution in [2.24, 2.45) is 0 Å². The zero-order valence-electron chi connectivity index (χ0n) is 8.27. The van der Waals surface area contributed by atoms with Crippen molar-refractivity contribution in [3.8, 4) is 0 Å². The lowest BCUT2D eigenvalue weighted by atomic mass is 10.2. The van der Waals surface area contributed by atoms with E-state index in [1.807, 2.05) is 12.1 Å². The average molecular weight is 234 g/mol. The van der Waals surface area contributed by atoms with Crippen LogP contribution < -0.4 is 0 Å². The highest BCUT2D eigenvalue weighted by Gasteiger charge is 2.01. The van der Waals surface area contributed by atoms with Gasteiger partial charge in [0.05, 0.1) is 9.09 Å². The van der Waals surface area contributed by atoms with E-state index in [9.17, 15) is 4.79 Å². The second-order valence-corrected chi connectivity index (χ2v) is 5.68. The smallest absolute Gasteiger partial charge is 0.160 e. The second-order valence-electron chi connectivity index (χ2n) is 3.19. The first-order valence-corrected chi connectivity index (χ1v) is 6.21. The molecule has 0 N–H and O–H groups in total. The Morgan fingerprint density at radius 1 is 1.13 bits per heavy atom. The molecule has 0 atom stereocenters. The van der Waals surface area contributed by atoms with Crippen molar-refractivity contribution in [1.29, 1.82) is 0 Å². The lowest BCUT2D eigenvalue weighted by molar-refractivity contribution is 0.112. The molecule has 0 aliphatic carbocycles. The van der Waals surface area contributed by atoms with Crippen molar-refractivity contribution < 1.29 is 4.79 Å². The van der Waals surface area contributed by atoms with Crippen LogP contribution in [-0.4, -0.2) is 6.29 Å². The first-order valence-electron chi connectivity index (χ1n) is 4.57. The summed E-state index contributed by atoms with van der Waals surface area (Å²) in [6.07, 6.45) is 0.893. The van der Waals surface area contributed by atoms with E-state index in [4.69, 9.17) is 0 Å². The number of aryl methyl sites for hydroxylation is 1. The number of thiophene rings is 1. The Hall–Kier alpha value is -1.06. The predicted octanol–water partition coefficient (Wildman–Crippen LogP) is 4.02. The highest BCUT2D eigenvalue weighted by molar-refractivity contribution is 8.01. The quantitative estimate of drug-likeness (QED) is 0.746. The van der Waals surface area contributed by atoms with E-state index in [1.165, 1.54) is 21.8 Å². The maximum Gasteiger partial charge on any atom is 0.160 e. The molecule has 1 nitrogen and oxygen atoms in total. The number of carbonyl (C=O) groups is 1. The fraction of sp³-hybridized carbons (Fsp3) is 0.0833. The molecule has 0 bridgehead atoms. The highest BCUT2D eigenvalue weighted by atomic mass is 32.2. The molecule has 0 saturated heterocycles. The second kappa shape index (κ2) is 4.64. The monoisotopic (exact) mass is 234 g/mol. The summed E-state index contributed by atoms with van der Waals surface area (Å²) in [6, 6.07) is 12.2. The molecule has 0 aliphatic rings. The maximum absolute atomic E-state index is 10.5. The molecule has 0 amide bonds. The van der Waals surface area contributed by atoms with Gasteiger partial charge in [0.25, 0.3) is 0 Å².